The summed E-state index contributed by atoms with van der Waals surface area (Å²) in [5, 5.41) is 5.27. The maximum absolute atomic E-state index is 12.9. The van der Waals surface area contributed by atoms with Crippen LogP contribution >= 0.6 is 11.6 Å². The summed E-state index contributed by atoms with van der Waals surface area (Å²) in [6, 6.07) is 24.8. The van der Waals surface area contributed by atoms with E-state index < -0.39 is 0 Å². The van der Waals surface area contributed by atoms with Crippen LogP contribution in [0.2, 0.25) is 5.02 Å². The van der Waals surface area contributed by atoms with Crippen LogP contribution in [0.15, 0.2) is 83.3 Å². The number of carbonyl (C=O) groups is 1. The second kappa shape index (κ2) is 8.72. The van der Waals surface area contributed by atoms with E-state index in [1.165, 1.54) is 5.56 Å². The van der Waals surface area contributed by atoms with Crippen molar-refractivity contribution in [1.82, 2.24) is 4.98 Å². The first-order valence-corrected chi connectivity index (χ1v) is 11.4. The van der Waals surface area contributed by atoms with Crippen molar-refractivity contribution < 1.29 is 9.21 Å². The van der Waals surface area contributed by atoms with Crippen molar-refractivity contribution in [3.05, 3.63) is 95.0 Å². The van der Waals surface area contributed by atoms with Crippen molar-refractivity contribution in [2.45, 2.75) is 26.2 Å². The van der Waals surface area contributed by atoms with E-state index in [1.54, 1.807) is 6.07 Å². The van der Waals surface area contributed by atoms with Crippen molar-refractivity contribution in [2.75, 3.05) is 5.32 Å². The zero-order chi connectivity index (χ0) is 22.9. The van der Waals surface area contributed by atoms with E-state index in [1.807, 2.05) is 60.7 Å². The van der Waals surface area contributed by atoms with Crippen molar-refractivity contribution >= 4 is 45.1 Å². The Hall–Kier alpha value is -3.63. The van der Waals surface area contributed by atoms with E-state index >= 15 is 0 Å². The summed E-state index contributed by atoms with van der Waals surface area (Å²) in [4.78, 5) is 17.6. The fourth-order valence-corrected chi connectivity index (χ4v) is 4.21. The molecule has 0 aliphatic rings. The monoisotopic (exact) mass is 454 g/mol. The molecule has 0 aliphatic heterocycles. The lowest BCUT2D eigenvalue weighted by atomic mass is 9.98. The Morgan fingerprint density at radius 1 is 1.00 bits per heavy atom. The normalized spacial score (nSPS) is 12.2. The van der Waals surface area contributed by atoms with E-state index in [2.05, 4.69) is 36.3 Å². The number of hydrogen-bond donors (Lipinski definition) is 1. The number of rotatable bonds is 5. The molecule has 5 aromatic rings. The molecule has 1 heterocycles. The average Bonchev–Trinajstić information content (AvgIpc) is 3.27. The van der Waals surface area contributed by atoms with E-state index in [0.29, 0.717) is 28.1 Å². The number of nitrogens with zero attached hydrogens (tertiary/aromatic N) is 1. The lowest BCUT2D eigenvalue weighted by molar-refractivity contribution is 0.102. The molecule has 0 fully saturated rings. The molecule has 0 unspecified atom stereocenters. The molecule has 4 aromatic carbocycles. The molecule has 33 heavy (non-hydrogen) atoms. The van der Waals surface area contributed by atoms with Crippen molar-refractivity contribution in [3.8, 4) is 11.5 Å². The number of benzene rings is 4. The topological polar surface area (TPSA) is 55.1 Å². The van der Waals surface area contributed by atoms with Crippen LogP contribution in [0.25, 0.3) is 33.3 Å². The van der Waals surface area contributed by atoms with Crippen LogP contribution in [0.5, 0.6) is 0 Å². The molecule has 1 amide bonds. The van der Waals surface area contributed by atoms with Crippen LogP contribution in [0.1, 0.15) is 42.1 Å². The molecule has 4 nitrogen and oxygen atoms in total. The highest BCUT2D eigenvalue weighted by Crippen LogP contribution is 2.29. The van der Waals surface area contributed by atoms with Gasteiger partial charge in [0.2, 0.25) is 5.89 Å². The Morgan fingerprint density at radius 2 is 1.76 bits per heavy atom. The third kappa shape index (κ3) is 4.10. The number of hydrogen-bond acceptors (Lipinski definition) is 3. The van der Waals surface area contributed by atoms with Gasteiger partial charge in [-0.3, -0.25) is 4.79 Å². The second-order valence-corrected chi connectivity index (χ2v) is 8.63. The second-order valence-electron chi connectivity index (χ2n) is 8.23. The number of aromatic nitrogens is 1. The van der Waals surface area contributed by atoms with Crippen molar-refractivity contribution in [2.24, 2.45) is 0 Å². The van der Waals surface area contributed by atoms with Crippen molar-refractivity contribution in [1.29, 1.82) is 0 Å². The Labute approximate surface area is 197 Å². The predicted octanol–water partition coefficient (Wildman–Crippen LogP) is 8.07. The molecule has 0 aliphatic carbocycles. The molecule has 0 spiro atoms. The van der Waals surface area contributed by atoms with Crippen LogP contribution in [0, 0.1) is 0 Å². The molecule has 1 N–H and O–H groups in total. The molecule has 0 saturated carbocycles. The van der Waals surface area contributed by atoms with E-state index in [-0.39, 0.29) is 5.91 Å². The quantitative estimate of drug-likeness (QED) is 0.292. The molecule has 5 heteroatoms. The van der Waals surface area contributed by atoms with Gasteiger partial charge in [-0.1, -0.05) is 55.8 Å². The standard InChI is InChI=1S/C28H23ClN2O2/c1-3-17(2)19-12-15-26-25(16-19)31-28(33-26)18-10-13-20(14-11-18)30-27(32)23-8-4-7-22-21(23)6-5-9-24(22)29/h4-17H,3H2,1-2H3,(H,30,32)/t17-/m0/s1. The van der Waals surface area contributed by atoms with Gasteiger partial charge in [0.05, 0.1) is 0 Å². The molecule has 1 aromatic heterocycles. The third-order valence-electron chi connectivity index (χ3n) is 6.10. The van der Waals surface area contributed by atoms with Gasteiger partial charge in [0.1, 0.15) is 5.52 Å². The zero-order valence-corrected chi connectivity index (χ0v) is 19.2. The van der Waals surface area contributed by atoms with Gasteiger partial charge in [-0.15, -0.1) is 0 Å². The van der Waals surface area contributed by atoms with Gasteiger partial charge in [-0.25, -0.2) is 4.98 Å². The number of nitrogens with one attached hydrogen (secondary N) is 1. The maximum Gasteiger partial charge on any atom is 0.256 e. The van der Waals surface area contributed by atoms with Gasteiger partial charge in [0.25, 0.3) is 5.91 Å². The fourth-order valence-electron chi connectivity index (χ4n) is 3.97. The molecule has 0 bridgehead atoms. The smallest absolute Gasteiger partial charge is 0.256 e. The van der Waals surface area contributed by atoms with Gasteiger partial charge in [-0.2, -0.15) is 0 Å². The van der Waals surface area contributed by atoms with Gasteiger partial charge in [0.15, 0.2) is 5.58 Å². The largest absolute Gasteiger partial charge is 0.436 e. The summed E-state index contributed by atoms with van der Waals surface area (Å²) in [5.74, 6) is 0.859. The molecule has 1 atom stereocenters. The number of fused-ring (bicyclic) bond motifs is 2. The van der Waals surface area contributed by atoms with Crippen LogP contribution in [0.3, 0.4) is 0 Å². The number of anilines is 1. The summed E-state index contributed by atoms with van der Waals surface area (Å²) >= 11 is 6.28. The average molecular weight is 455 g/mol. The van der Waals surface area contributed by atoms with Crippen LogP contribution < -0.4 is 5.32 Å². The lowest BCUT2D eigenvalue weighted by Crippen LogP contribution is -2.12. The third-order valence-corrected chi connectivity index (χ3v) is 6.43. The minimum atomic E-state index is -0.185. The summed E-state index contributed by atoms with van der Waals surface area (Å²) in [6.45, 7) is 4.39. The minimum Gasteiger partial charge on any atom is -0.436 e. The molecule has 0 radical (unpaired) electrons. The molecule has 5 rings (SSSR count). The Balaban J connectivity index is 1.38. The van der Waals surface area contributed by atoms with E-state index in [9.17, 15) is 4.79 Å². The summed E-state index contributed by atoms with van der Waals surface area (Å²) in [6.07, 6.45) is 1.08. The molecular weight excluding hydrogens is 432 g/mol. The van der Waals surface area contributed by atoms with E-state index in [4.69, 9.17) is 16.0 Å². The zero-order valence-electron chi connectivity index (χ0n) is 18.4. The van der Waals surface area contributed by atoms with Crippen molar-refractivity contribution in [3.63, 3.8) is 0 Å². The minimum absolute atomic E-state index is 0.185. The van der Waals surface area contributed by atoms with Gasteiger partial charge < -0.3 is 9.73 Å². The van der Waals surface area contributed by atoms with Gasteiger partial charge in [-0.05, 0) is 71.8 Å². The van der Waals surface area contributed by atoms with E-state index in [0.717, 1.165) is 33.9 Å². The lowest BCUT2D eigenvalue weighted by Gasteiger charge is -2.09. The summed E-state index contributed by atoms with van der Waals surface area (Å²) < 4.78 is 5.96. The first-order chi connectivity index (χ1) is 16.0. The number of amides is 1. The Morgan fingerprint density at radius 3 is 2.55 bits per heavy atom. The number of halogens is 1. The number of carbonyl (C=O) groups excluding carboxylic acids is 1. The summed E-state index contributed by atoms with van der Waals surface area (Å²) in [7, 11) is 0. The highest BCUT2D eigenvalue weighted by molar-refractivity contribution is 6.36. The molecule has 0 saturated heterocycles. The Bertz CT molecular complexity index is 1470. The fraction of sp³-hybridized carbons (Fsp3) is 0.143. The van der Waals surface area contributed by atoms with Gasteiger partial charge >= 0.3 is 0 Å². The molecular formula is C28H23ClN2O2. The first-order valence-electron chi connectivity index (χ1n) is 11.0. The van der Waals surface area contributed by atoms with Crippen LogP contribution in [-0.2, 0) is 0 Å². The van der Waals surface area contributed by atoms with Crippen LogP contribution in [-0.4, -0.2) is 10.9 Å². The summed E-state index contributed by atoms with van der Waals surface area (Å²) in [5.41, 5.74) is 5.01. The molecule has 164 valence electrons. The Kier molecular flexibility index (Phi) is 5.61. The SMILES string of the molecule is CC[C@H](C)c1ccc2oc(-c3ccc(NC(=O)c4cccc5c(Cl)cccc45)cc3)nc2c1. The first kappa shape index (κ1) is 21.2. The maximum atomic E-state index is 12.9. The number of oxazole rings is 1. The van der Waals surface area contributed by atoms with Gasteiger partial charge in [0, 0.05) is 27.2 Å². The predicted molar refractivity (Wildman–Crippen MR) is 135 cm³/mol. The highest BCUT2D eigenvalue weighted by Gasteiger charge is 2.13. The van der Waals surface area contributed by atoms with Crippen LogP contribution in [0.4, 0.5) is 5.69 Å². The highest BCUT2D eigenvalue weighted by atomic mass is 35.5.